The van der Waals surface area contributed by atoms with Gasteiger partial charge in [-0.1, -0.05) is 25.1 Å². The fourth-order valence-corrected chi connectivity index (χ4v) is 4.74. The van der Waals surface area contributed by atoms with Crippen molar-refractivity contribution in [3.05, 3.63) is 70.1 Å². The molecule has 2 aromatic carbocycles. The van der Waals surface area contributed by atoms with Crippen molar-refractivity contribution in [1.82, 2.24) is 0 Å². The molecule has 164 valence electrons. The van der Waals surface area contributed by atoms with E-state index in [0.29, 0.717) is 5.69 Å². The minimum absolute atomic E-state index is 0.0824. The molecule has 1 aliphatic carbocycles. The Balaban J connectivity index is 1.89. The van der Waals surface area contributed by atoms with Crippen LogP contribution in [0.5, 0.6) is 5.75 Å². The van der Waals surface area contributed by atoms with Gasteiger partial charge in [0, 0.05) is 39.6 Å². The average Bonchev–Trinajstić information content (AvgIpc) is 3.26. The first kappa shape index (κ1) is 21.6. The van der Waals surface area contributed by atoms with Gasteiger partial charge in [-0.25, -0.2) is 13.2 Å². The van der Waals surface area contributed by atoms with Gasteiger partial charge in [0.15, 0.2) is 11.6 Å². The van der Waals surface area contributed by atoms with Crippen LogP contribution in [0.2, 0.25) is 5.02 Å². The van der Waals surface area contributed by atoms with Crippen molar-refractivity contribution in [2.75, 3.05) is 17.7 Å². The number of hydrogen-bond donors (Lipinski definition) is 2. The smallest absolute Gasteiger partial charge is 0.257 e. The van der Waals surface area contributed by atoms with Crippen LogP contribution in [0.15, 0.2) is 42.6 Å². The Labute approximate surface area is 184 Å². The van der Waals surface area contributed by atoms with Crippen LogP contribution in [0.1, 0.15) is 42.5 Å². The number of aryl methyl sites for hydroxylation is 1. The largest absolute Gasteiger partial charge is 0.493 e. The lowest BCUT2D eigenvalue weighted by molar-refractivity contribution is 0.0536. The van der Waals surface area contributed by atoms with Gasteiger partial charge in [0.1, 0.15) is 0 Å². The van der Waals surface area contributed by atoms with Gasteiger partial charge in [-0.15, -0.1) is 0 Å². The number of methoxy groups -OCH3 is 1. The fraction of sp³-hybridized carbons (Fsp3) is 0.333. The second-order valence-corrected chi connectivity index (χ2v) is 8.67. The van der Waals surface area contributed by atoms with Crippen LogP contribution in [0, 0.1) is 18.2 Å². The minimum Gasteiger partial charge on any atom is -0.493 e. The Bertz CT molecular complexity index is 1100. The molecule has 0 saturated heterocycles. The van der Waals surface area contributed by atoms with E-state index in [4.69, 9.17) is 16.3 Å². The number of nitrogens with one attached hydrogen (secondary N) is 2. The lowest BCUT2D eigenvalue weighted by atomic mass is 9.85. The zero-order valence-electron chi connectivity index (χ0n) is 17.6. The quantitative estimate of drug-likeness (QED) is 0.485. The summed E-state index contributed by atoms with van der Waals surface area (Å²) in [6.45, 7) is 7.56. The SMILES string of the molecule is C=C1C=Cc2c(cc(C)cc2NC(c2cc(Cl)cc(F)c2OC)C2(CC)CC2(F)F)N1. The zero-order chi connectivity index (χ0) is 22.6. The molecule has 1 aliphatic heterocycles. The van der Waals surface area contributed by atoms with Crippen molar-refractivity contribution in [3.63, 3.8) is 0 Å². The van der Waals surface area contributed by atoms with Gasteiger partial charge in [-0.05, 0) is 55.3 Å². The first-order valence-corrected chi connectivity index (χ1v) is 10.5. The van der Waals surface area contributed by atoms with Crippen LogP contribution in [-0.4, -0.2) is 13.0 Å². The number of allylic oxidation sites excluding steroid dienone is 1. The van der Waals surface area contributed by atoms with Gasteiger partial charge in [0.05, 0.1) is 18.6 Å². The highest BCUT2D eigenvalue weighted by Crippen LogP contribution is 2.70. The number of hydrogen-bond acceptors (Lipinski definition) is 3. The van der Waals surface area contributed by atoms with Gasteiger partial charge in [0.2, 0.25) is 0 Å². The Morgan fingerprint density at radius 2 is 1.97 bits per heavy atom. The van der Waals surface area contributed by atoms with Crippen LogP contribution in [0.4, 0.5) is 24.5 Å². The molecule has 4 rings (SSSR count). The number of rotatable bonds is 6. The van der Waals surface area contributed by atoms with Crippen molar-refractivity contribution in [3.8, 4) is 5.75 Å². The summed E-state index contributed by atoms with van der Waals surface area (Å²) >= 11 is 6.13. The second-order valence-electron chi connectivity index (χ2n) is 8.24. The Hall–Kier alpha value is -2.60. The highest BCUT2D eigenvalue weighted by atomic mass is 35.5. The third-order valence-corrected chi connectivity index (χ3v) is 6.47. The molecule has 0 aromatic heterocycles. The highest BCUT2D eigenvalue weighted by Gasteiger charge is 2.73. The topological polar surface area (TPSA) is 33.3 Å². The summed E-state index contributed by atoms with van der Waals surface area (Å²) < 4.78 is 49.4. The van der Waals surface area contributed by atoms with Crippen LogP contribution in [0.3, 0.4) is 0 Å². The Morgan fingerprint density at radius 3 is 2.58 bits per heavy atom. The molecular weight excluding hydrogens is 425 g/mol. The molecule has 0 bridgehead atoms. The summed E-state index contributed by atoms with van der Waals surface area (Å²) in [5, 5.41) is 6.64. The summed E-state index contributed by atoms with van der Waals surface area (Å²) in [6.07, 6.45) is 3.60. The maximum absolute atomic E-state index is 14.8. The lowest BCUT2D eigenvalue weighted by Crippen LogP contribution is -2.28. The zero-order valence-corrected chi connectivity index (χ0v) is 18.3. The van der Waals surface area contributed by atoms with E-state index in [1.165, 1.54) is 13.2 Å². The Kier molecular flexibility index (Phi) is 5.24. The van der Waals surface area contributed by atoms with Crippen LogP contribution in [-0.2, 0) is 0 Å². The number of anilines is 2. The molecule has 0 spiro atoms. The van der Waals surface area contributed by atoms with Crippen LogP contribution in [0.25, 0.3) is 6.08 Å². The summed E-state index contributed by atoms with van der Waals surface area (Å²) in [4.78, 5) is 0. The number of fused-ring (bicyclic) bond motifs is 1. The van der Waals surface area contributed by atoms with Crippen molar-refractivity contribution in [1.29, 1.82) is 0 Å². The van der Waals surface area contributed by atoms with Gasteiger partial charge >= 0.3 is 0 Å². The van der Waals surface area contributed by atoms with Gasteiger partial charge in [-0.2, -0.15) is 0 Å². The molecule has 7 heteroatoms. The van der Waals surface area contributed by atoms with Gasteiger partial charge in [-0.3, -0.25) is 0 Å². The maximum Gasteiger partial charge on any atom is 0.257 e. The van der Waals surface area contributed by atoms with E-state index in [1.54, 1.807) is 6.92 Å². The number of benzene rings is 2. The van der Waals surface area contributed by atoms with Gasteiger partial charge < -0.3 is 15.4 Å². The van der Waals surface area contributed by atoms with Crippen molar-refractivity contribution >= 4 is 29.1 Å². The third kappa shape index (κ3) is 3.57. The predicted molar refractivity (Wildman–Crippen MR) is 120 cm³/mol. The second kappa shape index (κ2) is 7.52. The summed E-state index contributed by atoms with van der Waals surface area (Å²) in [5.41, 5.74) is 2.87. The van der Waals surface area contributed by atoms with Crippen molar-refractivity contribution in [2.24, 2.45) is 5.41 Å². The van der Waals surface area contributed by atoms with Crippen LogP contribution >= 0.6 is 11.6 Å². The molecular formula is C24H24ClF3N2O. The molecule has 31 heavy (non-hydrogen) atoms. The standard InChI is InChI=1S/C24H24ClF3N2O/c1-5-23(12-24(23,27)28)22(17-10-15(25)11-18(26)21(17)31-4)30-20-9-13(2)8-19-16(20)7-6-14(3)29-19/h6-11,22,29-30H,3,5,12H2,1-2,4H3. The average molecular weight is 449 g/mol. The van der Waals surface area contributed by atoms with E-state index in [0.717, 1.165) is 28.6 Å². The molecule has 1 saturated carbocycles. The fourth-order valence-electron chi connectivity index (χ4n) is 4.53. The Morgan fingerprint density at radius 1 is 1.26 bits per heavy atom. The lowest BCUT2D eigenvalue weighted by Gasteiger charge is -2.32. The summed E-state index contributed by atoms with van der Waals surface area (Å²) in [7, 11) is 1.32. The molecule has 0 radical (unpaired) electrons. The predicted octanol–water partition coefficient (Wildman–Crippen LogP) is 7.34. The maximum atomic E-state index is 14.8. The van der Waals surface area contributed by atoms with E-state index in [9.17, 15) is 13.2 Å². The van der Waals surface area contributed by atoms with Crippen molar-refractivity contribution < 1.29 is 17.9 Å². The highest BCUT2D eigenvalue weighted by molar-refractivity contribution is 6.30. The molecule has 3 nitrogen and oxygen atoms in total. The molecule has 1 heterocycles. The van der Waals surface area contributed by atoms with Crippen molar-refractivity contribution in [2.45, 2.75) is 38.7 Å². The summed E-state index contributed by atoms with van der Waals surface area (Å²) in [5.74, 6) is -3.66. The minimum atomic E-state index is -2.89. The first-order valence-electron chi connectivity index (χ1n) is 10.1. The van der Waals surface area contributed by atoms with E-state index in [2.05, 4.69) is 17.2 Å². The number of alkyl halides is 2. The molecule has 2 atom stereocenters. The summed E-state index contributed by atoms with van der Waals surface area (Å²) in [6, 6.07) is 5.57. The van der Waals surface area contributed by atoms with E-state index < -0.39 is 23.2 Å². The monoisotopic (exact) mass is 448 g/mol. The van der Waals surface area contributed by atoms with Gasteiger partial charge in [0.25, 0.3) is 5.92 Å². The molecule has 2 aliphatic rings. The third-order valence-electron chi connectivity index (χ3n) is 6.25. The molecule has 0 amide bonds. The van der Waals surface area contributed by atoms with E-state index in [1.807, 2.05) is 31.2 Å². The van der Waals surface area contributed by atoms with E-state index >= 15 is 0 Å². The molecule has 2 unspecified atom stereocenters. The number of halogens is 4. The van der Waals surface area contributed by atoms with E-state index in [-0.39, 0.29) is 29.2 Å². The van der Waals surface area contributed by atoms with Crippen LogP contribution < -0.4 is 15.4 Å². The number of ether oxygens (including phenoxy) is 1. The normalized spacial score (nSPS) is 21.8. The molecule has 1 fully saturated rings. The molecule has 2 aromatic rings. The molecule has 2 N–H and O–H groups in total. The first-order chi connectivity index (χ1) is 14.6.